The number of hydrogen-bond acceptors (Lipinski definition) is 4. The molecule has 2 aromatic carbocycles. The predicted molar refractivity (Wildman–Crippen MR) is 99.6 cm³/mol. The SMILES string of the molecule is O=c1c(=C(O)C(F)(F)C(F)(F)C(F)(F)F)c(=O)n2c3ccccc3sc3cccc1c3-2. The van der Waals surface area contributed by atoms with Crippen molar-refractivity contribution in [2.75, 3.05) is 0 Å². The summed E-state index contributed by atoms with van der Waals surface area (Å²) in [5.74, 6) is -16.0. The van der Waals surface area contributed by atoms with E-state index in [1.807, 2.05) is 0 Å². The fraction of sp³-hybridized carbons (Fsp3) is 0.158. The first kappa shape index (κ1) is 21.1. The molecule has 0 saturated carbocycles. The van der Waals surface area contributed by atoms with Crippen LogP contribution in [0.15, 0.2) is 52.1 Å². The van der Waals surface area contributed by atoms with Gasteiger partial charge in [0.2, 0.25) is 5.43 Å². The maximum atomic E-state index is 14.1. The quantitative estimate of drug-likeness (QED) is 0.275. The Morgan fingerprint density at radius 1 is 0.871 bits per heavy atom. The first-order valence-electron chi connectivity index (χ1n) is 8.36. The number of rotatable bonds is 2. The van der Waals surface area contributed by atoms with Crippen molar-refractivity contribution < 1.29 is 35.8 Å². The Morgan fingerprint density at radius 3 is 2.13 bits per heavy atom. The Labute approximate surface area is 170 Å². The second-order valence-corrected chi connectivity index (χ2v) is 7.65. The van der Waals surface area contributed by atoms with Gasteiger partial charge < -0.3 is 5.11 Å². The summed E-state index contributed by atoms with van der Waals surface area (Å²) >= 11 is 1.13. The molecule has 0 radical (unpaired) electrons. The van der Waals surface area contributed by atoms with Crippen molar-refractivity contribution in [1.82, 2.24) is 4.57 Å². The first-order valence-corrected chi connectivity index (χ1v) is 9.17. The summed E-state index contributed by atoms with van der Waals surface area (Å²) in [5, 5.41) is 7.52. The predicted octanol–water partition coefficient (Wildman–Crippen LogP) is 4.22. The van der Waals surface area contributed by atoms with E-state index in [1.54, 1.807) is 12.1 Å². The summed E-state index contributed by atoms with van der Waals surface area (Å²) in [4.78, 5) is 25.7. The van der Waals surface area contributed by atoms with Gasteiger partial charge in [0.05, 0.1) is 20.6 Å². The van der Waals surface area contributed by atoms with Gasteiger partial charge in [-0.2, -0.15) is 30.7 Å². The number of nitrogens with zero attached hydrogens (tertiary/aromatic N) is 1. The van der Waals surface area contributed by atoms with Gasteiger partial charge in [0, 0.05) is 5.39 Å². The smallest absolute Gasteiger partial charge is 0.460 e. The number of pyridine rings is 1. The molecular weight excluding hydrogens is 455 g/mol. The molecule has 162 valence electrons. The van der Waals surface area contributed by atoms with E-state index in [1.165, 1.54) is 24.3 Å². The van der Waals surface area contributed by atoms with Gasteiger partial charge in [-0.15, -0.1) is 11.3 Å². The third-order valence-corrected chi connectivity index (χ3v) is 5.84. The summed E-state index contributed by atoms with van der Waals surface area (Å²) < 4.78 is 94.3. The summed E-state index contributed by atoms with van der Waals surface area (Å²) in [6, 6.07) is 9.88. The van der Waals surface area contributed by atoms with Crippen molar-refractivity contribution in [3.05, 3.63) is 68.3 Å². The molecule has 0 unspecified atom stereocenters. The lowest BCUT2D eigenvalue weighted by Gasteiger charge is -2.27. The Morgan fingerprint density at radius 2 is 1.48 bits per heavy atom. The van der Waals surface area contributed by atoms with Gasteiger partial charge in [0.25, 0.3) is 5.56 Å². The molecule has 4 nitrogen and oxygen atoms in total. The van der Waals surface area contributed by atoms with Gasteiger partial charge in [-0.05, 0) is 24.3 Å². The van der Waals surface area contributed by atoms with Crippen LogP contribution in [0.3, 0.4) is 0 Å². The highest BCUT2D eigenvalue weighted by Crippen LogP contribution is 2.49. The number of halogens is 7. The molecule has 0 atom stereocenters. The fourth-order valence-corrected chi connectivity index (χ4v) is 4.32. The molecule has 0 saturated heterocycles. The van der Waals surface area contributed by atoms with Crippen molar-refractivity contribution in [1.29, 1.82) is 0 Å². The highest BCUT2D eigenvalue weighted by Gasteiger charge is 2.75. The maximum Gasteiger partial charge on any atom is 0.460 e. The zero-order valence-electron chi connectivity index (χ0n) is 14.8. The van der Waals surface area contributed by atoms with Crippen LogP contribution in [0.1, 0.15) is 0 Å². The first-order chi connectivity index (χ1) is 14.3. The van der Waals surface area contributed by atoms with Crippen LogP contribution in [0.4, 0.5) is 30.7 Å². The van der Waals surface area contributed by atoms with Crippen LogP contribution in [0.2, 0.25) is 0 Å². The molecule has 31 heavy (non-hydrogen) atoms. The Hall–Kier alpha value is -3.15. The van der Waals surface area contributed by atoms with Gasteiger partial charge >= 0.3 is 18.0 Å². The molecule has 2 heterocycles. The number of aromatic nitrogens is 1. The number of para-hydroxylation sites is 2. The summed E-state index contributed by atoms with van der Waals surface area (Å²) in [6.45, 7) is 0. The van der Waals surface area contributed by atoms with E-state index in [9.17, 15) is 45.4 Å². The summed E-state index contributed by atoms with van der Waals surface area (Å²) in [5.41, 5.74) is -3.19. The zero-order chi connectivity index (χ0) is 22.9. The van der Waals surface area contributed by atoms with Gasteiger partial charge in [0.1, 0.15) is 5.22 Å². The normalized spacial score (nSPS) is 14.5. The summed E-state index contributed by atoms with van der Waals surface area (Å²) in [6.07, 6.45) is -6.76. The summed E-state index contributed by atoms with van der Waals surface area (Å²) in [7, 11) is 0. The largest absolute Gasteiger partial charge is 0.505 e. The highest BCUT2D eigenvalue weighted by molar-refractivity contribution is 7.24. The van der Waals surface area contributed by atoms with Crippen molar-refractivity contribution >= 4 is 37.4 Å². The van der Waals surface area contributed by atoms with Crippen LogP contribution in [0.5, 0.6) is 0 Å². The van der Waals surface area contributed by atoms with Crippen molar-refractivity contribution in [2.24, 2.45) is 0 Å². The molecule has 0 bridgehead atoms. The number of aliphatic hydroxyl groups is 1. The van der Waals surface area contributed by atoms with Crippen molar-refractivity contribution in [3.63, 3.8) is 0 Å². The molecule has 2 aliphatic rings. The molecule has 0 aromatic heterocycles. The number of fused-ring (bicyclic) bond motifs is 2. The van der Waals surface area contributed by atoms with Gasteiger partial charge in [-0.25, -0.2) is 0 Å². The molecule has 2 aromatic rings. The van der Waals surface area contributed by atoms with E-state index < -0.39 is 45.4 Å². The average molecular weight is 463 g/mol. The van der Waals surface area contributed by atoms with E-state index in [2.05, 4.69) is 0 Å². The molecule has 0 aliphatic carbocycles. The number of aliphatic hydroxyl groups excluding tert-OH is 1. The number of alkyl halides is 7. The second kappa shape index (κ2) is 6.42. The number of benzene rings is 2. The van der Waals surface area contributed by atoms with E-state index in [4.69, 9.17) is 0 Å². The minimum Gasteiger partial charge on any atom is -0.505 e. The third kappa shape index (κ3) is 2.74. The van der Waals surface area contributed by atoms with Gasteiger partial charge in [0.15, 0.2) is 5.76 Å². The molecule has 4 rings (SSSR count). The Balaban J connectivity index is 2.29. The molecule has 0 amide bonds. The lowest BCUT2D eigenvalue weighted by atomic mass is 10.1. The highest BCUT2D eigenvalue weighted by atomic mass is 32.1. The van der Waals surface area contributed by atoms with Crippen LogP contribution >= 0.6 is 11.3 Å². The maximum absolute atomic E-state index is 14.1. The van der Waals surface area contributed by atoms with Crippen molar-refractivity contribution in [3.8, 4) is 5.69 Å². The molecular formula is C19H8F7NO3S. The minimum atomic E-state index is -6.76. The van der Waals surface area contributed by atoms with Crippen LogP contribution < -0.4 is 16.2 Å². The van der Waals surface area contributed by atoms with Crippen LogP contribution in [0, 0.1) is 0 Å². The standard InChI is InChI=1S/C19H8F7NO3S/c20-17(21,18(22,23)19(24,25)26)15(29)12-14(28)8-4-3-7-11-13(8)27(16(12)30)9-5-1-2-6-10(9)31-11/h1-7,29H. The van der Waals surface area contributed by atoms with E-state index in [0.717, 1.165) is 22.0 Å². The number of hydrogen-bond donors (Lipinski definition) is 1. The molecule has 0 spiro atoms. The lowest BCUT2D eigenvalue weighted by Crippen LogP contribution is -2.57. The van der Waals surface area contributed by atoms with E-state index >= 15 is 0 Å². The van der Waals surface area contributed by atoms with E-state index in [-0.39, 0.29) is 11.2 Å². The van der Waals surface area contributed by atoms with Crippen LogP contribution in [0.25, 0.3) is 31.7 Å². The molecule has 2 aliphatic heterocycles. The van der Waals surface area contributed by atoms with E-state index in [0.29, 0.717) is 9.40 Å². The lowest BCUT2D eigenvalue weighted by molar-refractivity contribution is -0.342. The molecule has 1 N–H and O–H groups in total. The minimum absolute atomic E-state index is 0.0383. The monoisotopic (exact) mass is 463 g/mol. The van der Waals surface area contributed by atoms with Gasteiger partial charge in [-0.1, -0.05) is 18.2 Å². The van der Waals surface area contributed by atoms with Crippen LogP contribution in [-0.4, -0.2) is 27.7 Å². The Kier molecular flexibility index (Phi) is 4.37. The van der Waals surface area contributed by atoms with Crippen LogP contribution in [-0.2, 0) is 0 Å². The average Bonchev–Trinajstić information content (AvgIpc) is 2.69. The third-order valence-electron chi connectivity index (χ3n) is 4.72. The Bertz CT molecular complexity index is 1490. The molecule has 12 heteroatoms. The zero-order valence-corrected chi connectivity index (χ0v) is 15.6. The fourth-order valence-electron chi connectivity index (χ4n) is 3.23. The topological polar surface area (TPSA) is 59.3 Å². The molecule has 0 fully saturated rings. The van der Waals surface area contributed by atoms with Gasteiger partial charge in [-0.3, -0.25) is 14.2 Å². The second-order valence-electron chi connectivity index (χ2n) is 6.56. The van der Waals surface area contributed by atoms with Crippen molar-refractivity contribution in [2.45, 2.75) is 18.0 Å².